The number of aromatic nitrogens is 5. The highest BCUT2D eigenvalue weighted by Gasteiger charge is 2.17. The lowest BCUT2D eigenvalue weighted by Gasteiger charge is -2.10. The van der Waals surface area contributed by atoms with Gasteiger partial charge in [0.2, 0.25) is 0 Å². The first-order chi connectivity index (χ1) is 12.3. The van der Waals surface area contributed by atoms with Gasteiger partial charge in [-0.2, -0.15) is 0 Å². The number of hydrogen-bond acceptors (Lipinski definition) is 6. The van der Waals surface area contributed by atoms with Crippen molar-refractivity contribution in [2.45, 2.75) is 10.9 Å². The molecule has 4 rings (SSSR count). The van der Waals surface area contributed by atoms with E-state index in [1.54, 1.807) is 0 Å². The van der Waals surface area contributed by atoms with Crippen molar-refractivity contribution in [3.8, 4) is 17.1 Å². The van der Waals surface area contributed by atoms with Gasteiger partial charge in [0.05, 0.1) is 0 Å². The maximum atomic E-state index is 6.10. The summed E-state index contributed by atoms with van der Waals surface area (Å²) < 4.78 is 6.53. The molecule has 0 N–H and O–H groups in total. The normalized spacial score (nSPS) is 10.9. The van der Waals surface area contributed by atoms with E-state index in [2.05, 4.69) is 19.8 Å². The average molecular weight is 386 g/mol. The van der Waals surface area contributed by atoms with E-state index in [9.17, 15) is 0 Å². The van der Waals surface area contributed by atoms with Gasteiger partial charge < -0.3 is 0 Å². The van der Waals surface area contributed by atoms with Gasteiger partial charge in [0.15, 0.2) is 11.0 Å². The van der Waals surface area contributed by atoms with Crippen LogP contribution >= 0.6 is 34.9 Å². The van der Waals surface area contributed by atoms with Crippen molar-refractivity contribution in [1.82, 2.24) is 24.4 Å². The fourth-order valence-corrected chi connectivity index (χ4v) is 4.05. The highest BCUT2D eigenvalue weighted by molar-refractivity contribution is 7.98. The van der Waals surface area contributed by atoms with Crippen LogP contribution in [0.25, 0.3) is 17.1 Å². The standard InChI is InChI=1S/C17H12ClN5S2/c18-15-14(19-22-25-15)11-24-17-21-20-16(12-7-3-1-4-8-12)23(17)13-9-5-2-6-10-13/h1-10H,11H2. The van der Waals surface area contributed by atoms with Crippen LogP contribution in [0.4, 0.5) is 0 Å². The van der Waals surface area contributed by atoms with Crippen molar-refractivity contribution in [3.63, 3.8) is 0 Å². The molecule has 0 radical (unpaired) electrons. The van der Waals surface area contributed by atoms with E-state index >= 15 is 0 Å². The Morgan fingerprint density at radius 3 is 2.32 bits per heavy atom. The summed E-state index contributed by atoms with van der Waals surface area (Å²) >= 11 is 8.83. The van der Waals surface area contributed by atoms with Gasteiger partial charge in [-0.3, -0.25) is 4.57 Å². The van der Waals surface area contributed by atoms with Crippen LogP contribution in [0.15, 0.2) is 65.8 Å². The molecule has 0 fully saturated rings. The summed E-state index contributed by atoms with van der Waals surface area (Å²) in [5, 5.41) is 13.6. The molecule has 4 aromatic rings. The van der Waals surface area contributed by atoms with Crippen LogP contribution in [0.5, 0.6) is 0 Å². The number of rotatable bonds is 5. The Balaban J connectivity index is 1.74. The third-order valence-corrected chi connectivity index (χ3v) is 5.45. The predicted octanol–water partition coefficient (Wildman–Crippen LogP) is 4.73. The minimum atomic E-state index is 0.592. The summed E-state index contributed by atoms with van der Waals surface area (Å²) in [6, 6.07) is 20.1. The summed E-state index contributed by atoms with van der Waals surface area (Å²) in [5.41, 5.74) is 2.79. The Kier molecular flexibility index (Phi) is 4.78. The highest BCUT2D eigenvalue weighted by atomic mass is 35.5. The van der Waals surface area contributed by atoms with Gasteiger partial charge in [-0.1, -0.05) is 76.4 Å². The molecule has 0 saturated carbocycles. The van der Waals surface area contributed by atoms with Crippen LogP contribution in [0.1, 0.15) is 5.69 Å². The Hall–Kier alpha value is -2.22. The molecule has 0 saturated heterocycles. The van der Waals surface area contributed by atoms with Gasteiger partial charge in [-0.05, 0) is 12.1 Å². The maximum Gasteiger partial charge on any atom is 0.196 e. The van der Waals surface area contributed by atoms with Crippen LogP contribution in [-0.2, 0) is 5.75 Å². The van der Waals surface area contributed by atoms with E-state index in [-0.39, 0.29) is 0 Å². The minimum Gasteiger partial charge on any atom is -0.270 e. The lowest BCUT2D eigenvalue weighted by Crippen LogP contribution is -1.99. The van der Waals surface area contributed by atoms with Gasteiger partial charge in [0.1, 0.15) is 10.0 Å². The Morgan fingerprint density at radius 1 is 0.920 bits per heavy atom. The minimum absolute atomic E-state index is 0.592. The topological polar surface area (TPSA) is 56.5 Å². The van der Waals surface area contributed by atoms with Gasteiger partial charge in [0, 0.05) is 28.5 Å². The van der Waals surface area contributed by atoms with E-state index in [1.165, 1.54) is 23.3 Å². The Bertz CT molecular complexity index is 969. The lowest BCUT2D eigenvalue weighted by atomic mass is 10.2. The molecule has 0 amide bonds. The molecular formula is C17H12ClN5S2. The van der Waals surface area contributed by atoms with Crippen LogP contribution in [0, 0.1) is 0 Å². The zero-order chi connectivity index (χ0) is 17.1. The van der Waals surface area contributed by atoms with Crippen molar-refractivity contribution >= 4 is 34.9 Å². The van der Waals surface area contributed by atoms with Crippen molar-refractivity contribution in [1.29, 1.82) is 0 Å². The number of halogens is 1. The van der Waals surface area contributed by atoms with Gasteiger partial charge in [-0.15, -0.1) is 15.3 Å². The molecular weight excluding hydrogens is 374 g/mol. The molecule has 2 aromatic heterocycles. The molecule has 2 heterocycles. The number of nitrogens with zero attached hydrogens (tertiary/aromatic N) is 5. The first-order valence-corrected chi connectivity index (χ1v) is 9.62. The molecule has 8 heteroatoms. The van der Waals surface area contributed by atoms with Crippen molar-refractivity contribution in [2.24, 2.45) is 0 Å². The summed E-state index contributed by atoms with van der Waals surface area (Å²) in [6.45, 7) is 0. The molecule has 0 bridgehead atoms. The lowest BCUT2D eigenvalue weighted by molar-refractivity contribution is 0.884. The third kappa shape index (κ3) is 3.44. The van der Waals surface area contributed by atoms with Crippen molar-refractivity contribution < 1.29 is 0 Å². The monoisotopic (exact) mass is 385 g/mol. The molecule has 2 aromatic carbocycles. The number of para-hydroxylation sites is 1. The second-order valence-corrected chi connectivity index (χ2v) is 7.42. The van der Waals surface area contributed by atoms with Crippen LogP contribution in [0.3, 0.4) is 0 Å². The number of benzene rings is 2. The van der Waals surface area contributed by atoms with E-state index in [4.69, 9.17) is 11.6 Å². The van der Waals surface area contributed by atoms with E-state index in [1.807, 2.05) is 65.2 Å². The SMILES string of the molecule is Clc1snnc1CSc1nnc(-c2ccccc2)n1-c1ccccc1. The summed E-state index contributed by atoms with van der Waals surface area (Å²) in [6.07, 6.45) is 0. The largest absolute Gasteiger partial charge is 0.270 e. The summed E-state index contributed by atoms with van der Waals surface area (Å²) in [5.74, 6) is 1.39. The fourth-order valence-electron chi connectivity index (χ4n) is 2.36. The molecule has 0 atom stereocenters. The van der Waals surface area contributed by atoms with Crippen LogP contribution in [0.2, 0.25) is 4.34 Å². The Labute approximate surface area is 157 Å². The predicted molar refractivity (Wildman–Crippen MR) is 101 cm³/mol. The molecule has 0 unspecified atom stereocenters. The van der Waals surface area contributed by atoms with Gasteiger partial charge in [-0.25, -0.2) is 0 Å². The fraction of sp³-hybridized carbons (Fsp3) is 0.0588. The maximum absolute atomic E-state index is 6.10. The molecule has 25 heavy (non-hydrogen) atoms. The van der Waals surface area contributed by atoms with Crippen molar-refractivity contribution in [2.75, 3.05) is 0 Å². The van der Waals surface area contributed by atoms with E-state index < -0.39 is 0 Å². The second-order valence-electron chi connectivity index (χ2n) is 5.13. The molecule has 0 aliphatic heterocycles. The first-order valence-electron chi connectivity index (χ1n) is 7.49. The molecule has 124 valence electrons. The highest BCUT2D eigenvalue weighted by Crippen LogP contribution is 2.31. The summed E-state index contributed by atoms with van der Waals surface area (Å²) in [4.78, 5) is 0. The molecule has 0 spiro atoms. The molecule has 0 aliphatic carbocycles. The molecule has 5 nitrogen and oxygen atoms in total. The van der Waals surface area contributed by atoms with Crippen molar-refractivity contribution in [3.05, 3.63) is 70.7 Å². The van der Waals surface area contributed by atoms with Gasteiger partial charge >= 0.3 is 0 Å². The Morgan fingerprint density at radius 2 is 1.64 bits per heavy atom. The number of thioether (sulfide) groups is 1. The van der Waals surface area contributed by atoms with Gasteiger partial charge in [0.25, 0.3) is 0 Å². The average Bonchev–Trinajstić information content (AvgIpc) is 3.27. The van der Waals surface area contributed by atoms with Crippen LogP contribution in [-0.4, -0.2) is 24.4 Å². The smallest absolute Gasteiger partial charge is 0.196 e. The first kappa shape index (κ1) is 16.3. The molecule has 0 aliphatic rings. The van der Waals surface area contributed by atoms with E-state index in [0.29, 0.717) is 10.1 Å². The zero-order valence-electron chi connectivity index (χ0n) is 12.9. The van der Waals surface area contributed by atoms with E-state index in [0.717, 1.165) is 27.9 Å². The third-order valence-electron chi connectivity index (χ3n) is 3.53. The summed E-state index contributed by atoms with van der Waals surface area (Å²) in [7, 11) is 0. The quantitative estimate of drug-likeness (QED) is 0.465. The second kappa shape index (κ2) is 7.35. The number of hydrogen-bond donors (Lipinski definition) is 0. The zero-order valence-corrected chi connectivity index (χ0v) is 15.3. The van der Waals surface area contributed by atoms with Crippen LogP contribution < -0.4 is 0 Å².